The van der Waals surface area contributed by atoms with Gasteiger partial charge in [0.25, 0.3) is 0 Å². The summed E-state index contributed by atoms with van der Waals surface area (Å²) < 4.78 is 7.49. The Morgan fingerprint density at radius 1 is 0.219 bits per heavy atom. The van der Waals surface area contributed by atoms with Crippen LogP contribution in [0.4, 0.5) is 0 Å². The largest absolute Gasteiger partial charge is 0.309 e. The first-order chi connectivity index (χ1) is 31.8. The predicted octanol–water partition coefficient (Wildman–Crippen LogP) is 12.4. The monoisotopic (exact) mass is 831 g/mol. The third kappa shape index (κ3) is 5.21. The molecule has 0 fully saturated rings. The molecular weight excluding hydrogens is 791 g/mol. The summed E-state index contributed by atoms with van der Waals surface area (Å²) in [5.41, 5.74) is 10.7. The Kier molecular flexibility index (Phi) is 8.23. The zero-order chi connectivity index (χ0) is 42.2. The molecular formula is C60H41N3Si. The van der Waals surface area contributed by atoms with Crippen LogP contribution in [0.15, 0.2) is 249 Å². The molecule has 4 heteroatoms. The van der Waals surface area contributed by atoms with Crippen LogP contribution in [0.2, 0.25) is 0 Å². The number of para-hydroxylation sites is 6. The van der Waals surface area contributed by atoms with Gasteiger partial charge in [-0.1, -0.05) is 194 Å². The molecule has 300 valence electrons. The van der Waals surface area contributed by atoms with Crippen LogP contribution in [0.1, 0.15) is 0 Å². The fraction of sp³-hybridized carbons (Fsp3) is 0. The Morgan fingerprint density at radius 2 is 0.547 bits per heavy atom. The van der Waals surface area contributed by atoms with Crippen LogP contribution in [0.3, 0.4) is 0 Å². The fourth-order valence-corrected chi connectivity index (χ4v) is 15.9. The Morgan fingerprint density at radius 3 is 1.00 bits per heavy atom. The average molecular weight is 832 g/mol. The summed E-state index contributed by atoms with van der Waals surface area (Å²) in [5.74, 6) is 0. The molecule has 0 bridgehead atoms. The van der Waals surface area contributed by atoms with Crippen LogP contribution in [0.5, 0.6) is 0 Å². The van der Waals surface area contributed by atoms with Crippen molar-refractivity contribution in [3.8, 4) is 17.1 Å². The van der Waals surface area contributed by atoms with Crippen LogP contribution >= 0.6 is 0 Å². The van der Waals surface area contributed by atoms with E-state index in [0.717, 1.165) is 17.1 Å². The molecule has 0 unspecified atom stereocenters. The van der Waals surface area contributed by atoms with Crippen molar-refractivity contribution in [3.05, 3.63) is 249 Å². The van der Waals surface area contributed by atoms with Gasteiger partial charge in [-0.2, -0.15) is 0 Å². The molecule has 0 spiro atoms. The Balaban J connectivity index is 1.13. The van der Waals surface area contributed by atoms with E-state index in [9.17, 15) is 0 Å². The van der Waals surface area contributed by atoms with Gasteiger partial charge in [-0.3, -0.25) is 0 Å². The van der Waals surface area contributed by atoms with Crippen molar-refractivity contribution in [1.29, 1.82) is 0 Å². The van der Waals surface area contributed by atoms with Crippen molar-refractivity contribution < 1.29 is 0 Å². The maximum atomic E-state index is 2.51. The van der Waals surface area contributed by atoms with Crippen molar-refractivity contribution in [1.82, 2.24) is 13.7 Å². The lowest BCUT2D eigenvalue weighted by molar-refractivity contribution is 1.15. The molecule has 0 aliphatic heterocycles. The predicted molar refractivity (Wildman–Crippen MR) is 273 cm³/mol. The first kappa shape index (κ1) is 36.5. The number of nitrogens with zero attached hydrogens (tertiary/aromatic N) is 3. The molecule has 0 radical (unpaired) electrons. The van der Waals surface area contributed by atoms with E-state index in [-0.39, 0.29) is 0 Å². The summed E-state index contributed by atoms with van der Waals surface area (Å²) in [7, 11) is -3.06. The molecule has 0 atom stereocenters. The first-order valence-corrected chi connectivity index (χ1v) is 24.1. The van der Waals surface area contributed by atoms with E-state index in [2.05, 4.69) is 262 Å². The summed E-state index contributed by atoms with van der Waals surface area (Å²) in [6.45, 7) is 0. The highest BCUT2D eigenvalue weighted by molar-refractivity contribution is 7.20. The molecule has 64 heavy (non-hydrogen) atoms. The van der Waals surface area contributed by atoms with E-state index in [4.69, 9.17) is 0 Å². The molecule has 0 amide bonds. The highest BCUT2D eigenvalue weighted by Crippen LogP contribution is 2.42. The van der Waals surface area contributed by atoms with Gasteiger partial charge in [0.05, 0.1) is 33.1 Å². The van der Waals surface area contributed by atoms with E-state index in [0.29, 0.717) is 0 Å². The Bertz CT molecular complexity index is 3830. The number of benzene rings is 10. The van der Waals surface area contributed by atoms with E-state index in [1.165, 1.54) is 86.2 Å². The summed E-state index contributed by atoms with van der Waals surface area (Å²) in [6, 6.07) is 92.3. The topological polar surface area (TPSA) is 14.8 Å². The summed E-state index contributed by atoms with van der Waals surface area (Å²) in [4.78, 5) is 0. The normalized spacial score (nSPS) is 12.1. The molecule has 0 N–H and O–H groups in total. The van der Waals surface area contributed by atoms with Crippen molar-refractivity contribution >= 4 is 94.2 Å². The molecule has 3 nitrogen and oxygen atoms in total. The molecule has 13 rings (SSSR count). The number of aromatic nitrogens is 3. The van der Waals surface area contributed by atoms with Crippen molar-refractivity contribution in [2.75, 3.05) is 0 Å². The smallest absolute Gasteiger partial charge is 0.181 e. The van der Waals surface area contributed by atoms with Gasteiger partial charge in [-0.25, -0.2) is 0 Å². The minimum Gasteiger partial charge on any atom is -0.309 e. The highest BCUT2D eigenvalue weighted by Gasteiger charge is 2.43. The fourth-order valence-electron chi connectivity index (χ4n) is 11.0. The molecule has 0 saturated carbocycles. The molecule has 0 aliphatic carbocycles. The number of hydrogen-bond acceptors (Lipinski definition) is 0. The van der Waals surface area contributed by atoms with Crippen LogP contribution in [-0.2, 0) is 0 Å². The van der Waals surface area contributed by atoms with Gasteiger partial charge in [-0.05, 0) is 75.3 Å². The van der Waals surface area contributed by atoms with E-state index in [1.54, 1.807) is 0 Å². The van der Waals surface area contributed by atoms with E-state index in [1.807, 2.05) is 0 Å². The van der Waals surface area contributed by atoms with Crippen molar-refractivity contribution in [3.63, 3.8) is 0 Å². The summed E-state index contributed by atoms with van der Waals surface area (Å²) in [6.07, 6.45) is 0. The second-order valence-corrected chi connectivity index (χ2v) is 20.6. The van der Waals surface area contributed by atoms with E-state index < -0.39 is 8.07 Å². The van der Waals surface area contributed by atoms with Crippen LogP contribution < -0.4 is 20.7 Å². The second kappa shape index (κ2) is 14.5. The molecule has 0 aliphatic rings. The minimum absolute atomic E-state index is 1.13. The van der Waals surface area contributed by atoms with Gasteiger partial charge in [0, 0.05) is 49.4 Å². The Labute approximate surface area is 372 Å². The lowest BCUT2D eigenvalue weighted by Crippen LogP contribution is -2.75. The van der Waals surface area contributed by atoms with Gasteiger partial charge in [-0.15, -0.1) is 0 Å². The van der Waals surface area contributed by atoms with Crippen molar-refractivity contribution in [2.24, 2.45) is 0 Å². The van der Waals surface area contributed by atoms with E-state index >= 15 is 0 Å². The van der Waals surface area contributed by atoms with Gasteiger partial charge in [0.1, 0.15) is 0 Å². The molecule has 0 saturated heterocycles. The number of hydrogen-bond donors (Lipinski definition) is 0. The molecule has 3 heterocycles. The van der Waals surface area contributed by atoms with Gasteiger partial charge in [0.2, 0.25) is 0 Å². The third-order valence-corrected chi connectivity index (χ3v) is 18.4. The lowest BCUT2D eigenvalue weighted by Gasteiger charge is -2.35. The number of rotatable bonds is 7. The molecule has 10 aromatic carbocycles. The van der Waals surface area contributed by atoms with Gasteiger partial charge < -0.3 is 13.7 Å². The first-order valence-electron chi connectivity index (χ1n) is 22.1. The van der Waals surface area contributed by atoms with Crippen molar-refractivity contribution in [2.45, 2.75) is 0 Å². The molecule has 13 aromatic rings. The maximum absolute atomic E-state index is 3.06. The van der Waals surface area contributed by atoms with Crippen LogP contribution in [0, 0.1) is 0 Å². The van der Waals surface area contributed by atoms with Gasteiger partial charge >= 0.3 is 0 Å². The zero-order valence-electron chi connectivity index (χ0n) is 35.0. The minimum atomic E-state index is -3.06. The quantitative estimate of drug-likeness (QED) is 0.112. The van der Waals surface area contributed by atoms with Gasteiger partial charge in [0.15, 0.2) is 8.07 Å². The Hall–Kier alpha value is -8.18. The summed E-state index contributed by atoms with van der Waals surface area (Å²) in [5, 5.41) is 12.9. The SMILES string of the molecule is c1ccc(-n2c3ccccc3c3cccc([Si](c4ccccc4)(c4ccccc4)c4ccc(-n5c6ccccc6c6ccc7c8ccccc8n(-c8ccccc8)c7c65)cc4)c32)cc1. The maximum Gasteiger partial charge on any atom is 0.181 e. The third-order valence-electron chi connectivity index (χ3n) is 13.6. The average Bonchev–Trinajstić information content (AvgIpc) is 4.02. The number of fused-ring (bicyclic) bond motifs is 10. The second-order valence-electron chi connectivity index (χ2n) is 16.8. The highest BCUT2D eigenvalue weighted by atomic mass is 28.3. The van der Waals surface area contributed by atoms with Crippen LogP contribution in [0.25, 0.3) is 82.5 Å². The zero-order valence-corrected chi connectivity index (χ0v) is 36.0. The molecule has 3 aromatic heterocycles. The lowest BCUT2D eigenvalue weighted by atomic mass is 10.1. The standard InChI is InChI=1S/C60H41N3Si/c1-5-20-42(21-6-1)61-54-32-16-13-28-48(54)51-31-19-35-57(58(51)61)64(45-24-9-3-10-25-45,46-26-11-4-12-27-46)47-38-36-44(37-39-47)63-56-34-18-15-30-50(56)53-41-40-52-49-29-14-17-33-55(49)62(59(52)60(53)63)43-22-7-2-8-23-43/h1-41H. The summed E-state index contributed by atoms with van der Waals surface area (Å²) >= 11 is 0. The van der Waals surface area contributed by atoms with Crippen LogP contribution in [-0.4, -0.2) is 21.8 Å².